The van der Waals surface area contributed by atoms with Crippen LogP contribution in [0.2, 0.25) is 0 Å². The van der Waals surface area contributed by atoms with Crippen LogP contribution < -0.4 is 5.32 Å². The highest BCUT2D eigenvalue weighted by Gasteiger charge is 2.55. The van der Waals surface area contributed by atoms with Gasteiger partial charge in [-0.25, -0.2) is 0 Å². The van der Waals surface area contributed by atoms with Gasteiger partial charge in [-0.05, 0) is 80.5 Å². The molecule has 0 aromatic heterocycles. The number of rotatable bonds is 6. The Labute approximate surface area is 159 Å². The predicted molar refractivity (Wildman–Crippen MR) is 101 cm³/mol. The van der Waals surface area contributed by atoms with Crippen LogP contribution in [0.3, 0.4) is 0 Å². The van der Waals surface area contributed by atoms with Crippen molar-refractivity contribution >= 4 is 23.3 Å². The monoisotopic (exact) mass is 369 g/mol. The highest BCUT2D eigenvalue weighted by Crippen LogP contribution is 2.60. The van der Waals surface area contributed by atoms with Crippen LogP contribution in [0, 0.1) is 23.2 Å². The molecule has 4 saturated carbocycles. The minimum atomic E-state index is -0.330. The summed E-state index contributed by atoms with van der Waals surface area (Å²) in [5.41, 5.74) is 0.815. The molecule has 0 atom stereocenters. The largest absolute Gasteiger partial charge is 0.457 e. The molecule has 144 valence electrons. The van der Waals surface area contributed by atoms with Gasteiger partial charge < -0.3 is 10.1 Å². The number of esters is 1. The summed E-state index contributed by atoms with van der Waals surface area (Å²) in [6.07, 6.45) is 7.04. The molecule has 4 aliphatic carbocycles. The van der Waals surface area contributed by atoms with E-state index >= 15 is 0 Å². The number of benzene rings is 1. The Kier molecular flexibility index (Phi) is 4.79. The first-order valence-electron chi connectivity index (χ1n) is 10.1. The Morgan fingerprint density at radius 2 is 1.56 bits per heavy atom. The maximum absolute atomic E-state index is 12.8. The summed E-state index contributed by atoms with van der Waals surface area (Å²) in [5.74, 6) is 1.57. The summed E-state index contributed by atoms with van der Waals surface area (Å²) < 4.78 is 5.50. The highest BCUT2D eigenvalue weighted by atomic mass is 16.5. The Hall–Kier alpha value is -2.17. The van der Waals surface area contributed by atoms with E-state index in [-0.39, 0.29) is 29.7 Å². The number of Topliss-reactive ketones (excluding diaryl/α,β-unsaturated/α-hetero) is 1. The number of carbonyl (C=O) groups is 3. The predicted octanol–water partition coefficient (Wildman–Crippen LogP) is 3.98. The number of nitrogens with one attached hydrogen (secondary N) is 1. The molecular weight excluding hydrogens is 342 g/mol. The lowest BCUT2D eigenvalue weighted by atomic mass is 9.49. The topological polar surface area (TPSA) is 72.5 Å². The summed E-state index contributed by atoms with van der Waals surface area (Å²) in [4.78, 5) is 36.6. The Morgan fingerprint density at radius 3 is 2.07 bits per heavy atom. The number of anilines is 1. The highest BCUT2D eigenvalue weighted by molar-refractivity contribution is 5.99. The lowest BCUT2D eigenvalue weighted by molar-refractivity contribution is -0.170. The van der Waals surface area contributed by atoms with Crippen LogP contribution in [0.15, 0.2) is 24.3 Å². The number of ketones is 1. The number of ether oxygens (including phenoxy) is 1. The van der Waals surface area contributed by atoms with Crippen molar-refractivity contribution in [2.45, 2.75) is 51.9 Å². The number of hydrogen-bond donors (Lipinski definition) is 1. The third-order valence-corrected chi connectivity index (χ3v) is 6.62. The summed E-state index contributed by atoms with van der Waals surface area (Å²) in [5, 5.41) is 2.75. The molecular formula is C22H27NO4. The molecule has 1 aromatic carbocycles. The first-order chi connectivity index (χ1) is 13.0. The number of amides is 1. The lowest BCUT2D eigenvalue weighted by Gasteiger charge is -2.55. The average Bonchev–Trinajstić information content (AvgIpc) is 2.65. The molecule has 1 N–H and O–H groups in total. The van der Waals surface area contributed by atoms with Crippen LogP contribution >= 0.6 is 0 Å². The van der Waals surface area contributed by atoms with Crippen LogP contribution in [-0.2, 0) is 14.3 Å². The zero-order valence-electron chi connectivity index (χ0n) is 15.8. The molecule has 27 heavy (non-hydrogen) atoms. The first kappa shape index (κ1) is 18.2. The molecule has 0 spiro atoms. The van der Waals surface area contributed by atoms with Gasteiger partial charge in [-0.1, -0.05) is 6.92 Å². The van der Waals surface area contributed by atoms with E-state index in [9.17, 15) is 14.4 Å². The van der Waals surface area contributed by atoms with Crippen LogP contribution in [0.4, 0.5) is 5.69 Å². The van der Waals surface area contributed by atoms with Crippen molar-refractivity contribution in [1.29, 1.82) is 0 Å². The molecule has 0 saturated heterocycles. The van der Waals surface area contributed by atoms with Crippen molar-refractivity contribution in [2.24, 2.45) is 23.2 Å². The zero-order valence-corrected chi connectivity index (χ0v) is 15.8. The summed E-state index contributed by atoms with van der Waals surface area (Å²) >= 11 is 0. The van der Waals surface area contributed by atoms with Gasteiger partial charge in [0, 0.05) is 17.7 Å². The van der Waals surface area contributed by atoms with Crippen molar-refractivity contribution in [2.75, 3.05) is 11.9 Å². The van der Waals surface area contributed by atoms with Gasteiger partial charge in [0.25, 0.3) is 0 Å². The molecule has 4 bridgehead atoms. The van der Waals surface area contributed by atoms with E-state index in [1.54, 1.807) is 31.2 Å². The van der Waals surface area contributed by atoms with Gasteiger partial charge in [0.2, 0.25) is 5.91 Å². The fourth-order valence-electron chi connectivity index (χ4n) is 5.72. The van der Waals surface area contributed by atoms with Crippen molar-refractivity contribution in [3.8, 4) is 0 Å². The molecule has 0 radical (unpaired) electrons. The van der Waals surface area contributed by atoms with Crippen LogP contribution in [0.5, 0.6) is 0 Å². The SMILES string of the molecule is CCC(=O)Nc1ccc(C(=O)COC(=O)C23CC4CC(CC(C4)C2)C3)cc1. The smallest absolute Gasteiger partial charge is 0.312 e. The number of carbonyl (C=O) groups excluding carboxylic acids is 3. The van der Waals surface area contributed by atoms with Gasteiger partial charge in [0.15, 0.2) is 12.4 Å². The molecule has 0 aliphatic heterocycles. The number of hydrogen-bond acceptors (Lipinski definition) is 4. The van der Waals surface area contributed by atoms with Gasteiger partial charge in [-0.3, -0.25) is 14.4 Å². The molecule has 4 aliphatic rings. The standard InChI is InChI=1S/C22H27NO4/c1-2-20(25)23-18-5-3-17(4-6-18)19(24)13-27-21(26)22-10-14-7-15(11-22)9-16(8-14)12-22/h3-6,14-16H,2,7-13H2,1H3,(H,23,25). The van der Waals surface area contributed by atoms with Crippen molar-refractivity contribution in [3.05, 3.63) is 29.8 Å². The quantitative estimate of drug-likeness (QED) is 0.608. The molecule has 0 heterocycles. The second-order valence-corrected chi connectivity index (χ2v) is 8.68. The Balaban J connectivity index is 1.34. The molecule has 1 amide bonds. The van der Waals surface area contributed by atoms with E-state index in [1.165, 1.54) is 19.3 Å². The van der Waals surface area contributed by atoms with Crippen molar-refractivity contribution in [1.82, 2.24) is 0 Å². The van der Waals surface area contributed by atoms with E-state index in [0.717, 1.165) is 19.3 Å². The van der Waals surface area contributed by atoms with E-state index in [4.69, 9.17) is 4.74 Å². The maximum atomic E-state index is 12.8. The summed E-state index contributed by atoms with van der Waals surface area (Å²) in [6, 6.07) is 6.71. The molecule has 5 rings (SSSR count). The third kappa shape index (κ3) is 3.64. The van der Waals surface area contributed by atoms with E-state index in [0.29, 0.717) is 35.4 Å². The second kappa shape index (κ2) is 7.10. The fourth-order valence-corrected chi connectivity index (χ4v) is 5.72. The maximum Gasteiger partial charge on any atom is 0.312 e. The normalized spacial score (nSPS) is 30.8. The van der Waals surface area contributed by atoms with E-state index < -0.39 is 0 Å². The molecule has 4 fully saturated rings. The average molecular weight is 369 g/mol. The van der Waals surface area contributed by atoms with Crippen LogP contribution in [0.1, 0.15) is 62.2 Å². The van der Waals surface area contributed by atoms with Gasteiger partial charge in [0.1, 0.15) is 0 Å². The Morgan fingerprint density at radius 1 is 1.00 bits per heavy atom. The Bertz CT molecular complexity index is 717. The van der Waals surface area contributed by atoms with Crippen LogP contribution in [-0.4, -0.2) is 24.3 Å². The summed E-state index contributed by atoms with van der Waals surface area (Å²) in [6.45, 7) is 1.58. The lowest BCUT2D eigenvalue weighted by Crippen LogP contribution is -2.50. The minimum Gasteiger partial charge on any atom is -0.457 e. The van der Waals surface area contributed by atoms with E-state index in [1.807, 2.05) is 0 Å². The van der Waals surface area contributed by atoms with Crippen molar-refractivity contribution < 1.29 is 19.1 Å². The third-order valence-electron chi connectivity index (χ3n) is 6.62. The minimum absolute atomic E-state index is 0.0708. The van der Waals surface area contributed by atoms with Crippen molar-refractivity contribution in [3.63, 3.8) is 0 Å². The first-order valence-corrected chi connectivity index (χ1v) is 10.1. The van der Waals surface area contributed by atoms with E-state index in [2.05, 4.69) is 5.32 Å². The summed E-state index contributed by atoms with van der Waals surface area (Å²) in [7, 11) is 0. The zero-order chi connectivity index (χ0) is 19.0. The van der Waals surface area contributed by atoms with Crippen LogP contribution in [0.25, 0.3) is 0 Å². The molecule has 5 nitrogen and oxygen atoms in total. The molecule has 0 unspecified atom stereocenters. The van der Waals surface area contributed by atoms with Gasteiger partial charge in [-0.15, -0.1) is 0 Å². The molecule has 5 heteroatoms. The molecule has 1 aromatic rings. The second-order valence-electron chi connectivity index (χ2n) is 8.68. The fraction of sp³-hybridized carbons (Fsp3) is 0.591. The van der Waals surface area contributed by atoms with Gasteiger partial charge in [-0.2, -0.15) is 0 Å². The van der Waals surface area contributed by atoms with Gasteiger partial charge in [0.05, 0.1) is 5.41 Å². The van der Waals surface area contributed by atoms with Gasteiger partial charge >= 0.3 is 5.97 Å².